The Bertz CT molecular complexity index is 89.3. The van der Waals surface area contributed by atoms with Crippen molar-refractivity contribution in [1.29, 1.82) is 0 Å². The maximum Gasteiger partial charge on any atom is -0.00118 e. The van der Waals surface area contributed by atoms with Gasteiger partial charge in [0.2, 0.25) is 0 Å². The summed E-state index contributed by atoms with van der Waals surface area (Å²) in [7, 11) is 0. The summed E-state index contributed by atoms with van der Waals surface area (Å²) in [6.07, 6.45) is 2.14. The van der Waals surface area contributed by atoms with Crippen LogP contribution in [0.4, 0.5) is 0 Å². The van der Waals surface area contributed by atoms with Gasteiger partial charge in [0.1, 0.15) is 0 Å². The summed E-state index contributed by atoms with van der Waals surface area (Å²) in [5, 5.41) is 3.28. The second kappa shape index (κ2) is 6.78. The molecule has 0 saturated heterocycles. The van der Waals surface area contributed by atoms with Gasteiger partial charge in [0.15, 0.2) is 0 Å². The van der Waals surface area contributed by atoms with Crippen LogP contribution in [0, 0.1) is 0 Å². The Morgan fingerprint density at radius 2 is 2.20 bits per heavy atom. The zero-order chi connectivity index (χ0) is 7.82. The third kappa shape index (κ3) is 7.66. The van der Waals surface area contributed by atoms with E-state index < -0.39 is 0 Å². The topological polar surface area (TPSA) is 38.0 Å². The van der Waals surface area contributed by atoms with E-state index in [1.807, 2.05) is 6.92 Å². The Kier molecular flexibility index (Phi) is 6.55. The first kappa shape index (κ1) is 9.66. The lowest BCUT2D eigenvalue weighted by molar-refractivity contribution is 0.652. The highest BCUT2D eigenvalue weighted by Gasteiger charge is 1.86. The fraction of sp³-hybridized carbons (Fsp3) is 0.750. The zero-order valence-electron chi connectivity index (χ0n) is 6.82. The van der Waals surface area contributed by atoms with E-state index in [0.29, 0.717) is 0 Å². The van der Waals surface area contributed by atoms with Crippen molar-refractivity contribution in [2.45, 2.75) is 19.8 Å². The van der Waals surface area contributed by atoms with Gasteiger partial charge in [-0.3, -0.25) is 0 Å². The van der Waals surface area contributed by atoms with Gasteiger partial charge in [0.05, 0.1) is 0 Å². The molecule has 0 fully saturated rings. The molecule has 0 atom stereocenters. The highest BCUT2D eigenvalue weighted by atomic mass is 14.8. The second-order valence-electron chi connectivity index (χ2n) is 2.60. The summed E-state index contributed by atoms with van der Waals surface area (Å²) in [4.78, 5) is 0. The molecule has 0 radical (unpaired) electrons. The lowest BCUT2D eigenvalue weighted by atomic mass is 10.2. The predicted octanol–water partition coefficient (Wildman–Crippen LogP) is 0.891. The molecular formula is C8H18N2. The van der Waals surface area contributed by atoms with Crippen molar-refractivity contribution in [1.82, 2.24) is 5.32 Å². The van der Waals surface area contributed by atoms with Crippen molar-refractivity contribution in [3.63, 3.8) is 0 Å². The van der Waals surface area contributed by atoms with E-state index in [4.69, 9.17) is 5.73 Å². The molecule has 2 heteroatoms. The van der Waals surface area contributed by atoms with Crippen LogP contribution in [0.5, 0.6) is 0 Å². The van der Waals surface area contributed by atoms with Gasteiger partial charge in [-0.25, -0.2) is 0 Å². The van der Waals surface area contributed by atoms with Gasteiger partial charge in [-0.15, -0.1) is 6.58 Å². The Balaban J connectivity index is 2.84. The third-order valence-electron chi connectivity index (χ3n) is 1.29. The van der Waals surface area contributed by atoms with Crippen molar-refractivity contribution in [3.05, 3.63) is 12.2 Å². The summed E-state index contributed by atoms with van der Waals surface area (Å²) in [6, 6.07) is 0. The van der Waals surface area contributed by atoms with Crippen LogP contribution in [0.3, 0.4) is 0 Å². The fourth-order valence-electron chi connectivity index (χ4n) is 0.654. The smallest absolute Gasteiger partial charge is 0.00118 e. The number of hydrogen-bond donors (Lipinski definition) is 2. The van der Waals surface area contributed by atoms with Crippen molar-refractivity contribution >= 4 is 0 Å². The average Bonchev–Trinajstić information content (AvgIpc) is 1.87. The maximum absolute atomic E-state index is 5.31. The summed E-state index contributed by atoms with van der Waals surface area (Å²) in [5.74, 6) is 0. The lowest BCUT2D eigenvalue weighted by Gasteiger charge is -2.01. The minimum absolute atomic E-state index is 0.778. The van der Waals surface area contributed by atoms with Crippen molar-refractivity contribution in [2.24, 2.45) is 5.73 Å². The minimum Gasteiger partial charge on any atom is -0.330 e. The molecule has 0 aromatic carbocycles. The SMILES string of the molecule is C=C(C)CCNCCCN. The molecule has 10 heavy (non-hydrogen) atoms. The first-order valence-electron chi connectivity index (χ1n) is 3.82. The highest BCUT2D eigenvalue weighted by Crippen LogP contribution is 1.91. The van der Waals surface area contributed by atoms with E-state index in [2.05, 4.69) is 11.9 Å². The molecule has 0 bridgehead atoms. The number of hydrogen-bond acceptors (Lipinski definition) is 2. The third-order valence-corrected chi connectivity index (χ3v) is 1.29. The number of nitrogens with two attached hydrogens (primary N) is 1. The summed E-state index contributed by atoms with van der Waals surface area (Å²) >= 11 is 0. The zero-order valence-corrected chi connectivity index (χ0v) is 6.82. The monoisotopic (exact) mass is 142 g/mol. The molecular weight excluding hydrogens is 124 g/mol. The summed E-state index contributed by atoms with van der Waals surface area (Å²) in [5.41, 5.74) is 6.55. The van der Waals surface area contributed by atoms with Gasteiger partial charge in [-0.1, -0.05) is 5.57 Å². The Hall–Kier alpha value is -0.340. The molecule has 0 unspecified atom stereocenters. The van der Waals surface area contributed by atoms with E-state index >= 15 is 0 Å². The molecule has 0 rings (SSSR count). The summed E-state index contributed by atoms with van der Waals surface area (Å²) in [6.45, 7) is 8.70. The number of nitrogens with one attached hydrogen (secondary N) is 1. The highest BCUT2D eigenvalue weighted by molar-refractivity contribution is 4.87. The van der Waals surface area contributed by atoms with Crippen LogP contribution >= 0.6 is 0 Å². The van der Waals surface area contributed by atoms with Crippen LogP contribution in [0.15, 0.2) is 12.2 Å². The molecule has 0 saturated carbocycles. The molecule has 0 spiro atoms. The van der Waals surface area contributed by atoms with E-state index in [1.54, 1.807) is 0 Å². The first-order valence-corrected chi connectivity index (χ1v) is 3.82. The standard InChI is InChI=1S/C8H18N2/c1-8(2)4-7-10-6-3-5-9/h10H,1,3-7,9H2,2H3. The molecule has 0 aliphatic heterocycles. The van der Waals surface area contributed by atoms with Gasteiger partial charge in [-0.05, 0) is 39.4 Å². The minimum atomic E-state index is 0.778. The van der Waals surface area contributed by atoms with E-state index in [1.165, 1.54) is 5.57 Å². The van der Waals surface area contributed by atoms with E-state index in [9.17, 15) is 0 Å². The van der Waals surface area contributed by atoms with Gasteiger partial charge < -0.3 is 11.1 Å². The quantitative estimate of drug-likeness (QED) is 0.427. The van der Waals surface area contributed by atoms with Crippen molar-refractivity contribution in [3.8, 4) is 0 Å². The molecule has 2 nitrogen and oxygen atoms in total. The lowest BCUT2D eigenvalue weighted by Crippen LogP contribution is -2.19. The van der Waals surface area contributed by atoms with Crippen LogP contribution in [-0.2, 0) is 0 Å². The van der Waals surface area contributed by atoms with Crippen LogP contribution in [0.25, 0.3) is 0 Å². The van der Waals surface area contributed by atoms with Crippen LogP contribution in [-0.4, -0.2) is 19.6 Å². The second-order valence-corrected chi connectivity index (χ2v) is 2.60. The predicted molar refractivity (Wildman–Crippen MR) is 46.0 cm³/mol. The average molecular weight is 142 g/mol. The Morgan fingerprint density at radius 3 is 2.70 bits per heavy atom. The molecule has 0 aromatic heterocycles. The largest absolute Gasteiger partial charge is 0.330 e. The van der Waals surface area contributed by atoms with Crippen molar-refractivity contribution in [2.75, 3.05) is 19.6 Å². The van der Waals surface area contributed by atoms with Gasteiger partial charge in [0, 0.05) is 0 Å². The molecule has 0 aromatic rings. The number of rotatable bonds is 6. The maximum atomic E-state index is 5.31. The summed E-state index contributed by atoms with van der Waals surface area (Å²) < 4.78 is 0. The van der Waals surface area contributed by atoms with E-state index in [0.717, 1.165) is 32.5 Å². The van der Waals surface area contributed by atoms with Crippen molar-refractivity contribution < 1.29 is 0 Å². The molecule has 0 amide bonds. The molecule has 0 aliphatic rings. The molecule has 60 valence electrons. The molecule has 0 aliphatic carbocycles. The van der Waals surface area contributed by atoms with Gasteiger partial charge >= 0.3 is 0 Å². The Morgan fingerprint density at radius 1 is 1.50 bits per heavy atom. The molecule has 3 N–H and O–H groups in total. The van der Waals surface area contributed by atoms with Gasteiger partial charge in [-0.2, -0.15) is 0 Å². The van der Waals surface area contributed by atoms with Crippen LogP contribution < -0.4 is 11.1 Å². The Labute approximate surface area is 63.5 Å². The van der Waals surface area contributed by atoms with Crippen LogP contribution in [0.2, 0.25) is 0 Å². The first-order chi connectivity index (χ1) is 4.77. The molecule has 0 heterocycles. The van der Waals surface area contributed by atoms with Crippen LogP contribution in [0.1, 0.15) is 19.8 Å². The van der Waals surface area contributed by atoms with E-state index in [-0.39, 0.29) is 0 Å². The van der Waals surface area contributed by atoms with Gasteiger partial charge in [0.25, 0.3) is 0 Å². The fourth-order valence-corrected chi connectivity index (χ4v) is 0.654. The normalized spacial score (nSPS) is 9.80.